The van der Waals surface area contributed by atoms with Crippen molar-refractivity contribution in [3.63, 3.8) is 0 Å². The van der Waals surface area contributed by atoms with Crippen LogP contribution in [0.4, 0.5) is 9.52 Å². The molecule has 3 heterocycles. The highest BCUT2D eigenvalue weighted by molar-refractivity contribution is 7.14. The van der Waals surface area contributed by atoms with Crippen molar-refractivity contribution in [1.29, 1.82) is 0 Å². The maximum absolute atomic E-state index is 13.7. The molecule has 1 unspecified atom stereocenters. The molecule has 1 atom stereocenters. The third-order valence-corrected chi connectivity index (χ3v) is 5.61. The van der Waals surface area contributed by atoms with Gasteiger partial charge in [0.25, 0.3) is 5.89 Å². The van der Waals surface area contributed by atoms with Gasteiger partial charge >= 0.3 is 5.97 Å². The summed E-state index contributed by atoms with van der Waals surface area (Å²) in [5.74, 6) is -0.496. The van der Waals surface area contributed by atoms with Crippen molar-refractivity contribution >= 4 is 28.3 Å². The van der Waals surface area contributed by atoms with E-state index in [1.165, 1.54) is 17.4 Å². The largest absolute Gasteiger partial charge is 0.452 e. The van der Waals surface area contributed by atoms with Gasteiger partial charge in [0, 0.05) is 23.9 Å². The van der Waals surface area contributed by atoms with Crippen molar-refractivity contribution in [2.45, 2.75) is 39.2 Å². The molecule has 10 heteroatoms. The standard InChI is InChI=1S/C20H19FN4O4S/c1-11-5-6-13(8-15(11)21)18-23-19(29-24-18)12(2)28-17(27)9-14-10-30-20(22-14)25-7-3-4-16(25)26/h5-6,8,10,12H,3-4,7,9H2,1-2H3. The first-order valence-corrected chi connectivity index (χ1v) is 10.3. The molecule has 2 aromatic heterocycles. The normalized spacial score (nSPS) is 14.9. The fraction of sp³-hybridized carbons (Fsp3) is 0.350. The van der Waals surface area contributed by atoms with Crippen LogP contribution in [-0.4, -0.2) is 33.5 Å². The number of halogens is 1. The van der Waals surface area contributed by atoms with Crippen molar-refractivity contribution < 1.29 is 23.2 Å². The number of hydrogen-bond donors (Lipinski definition) is 0. The van der Waals surface area contributed by atoms with Crippen LogP contribution in [-0.2, 0) is 20.7 Å². The van der Waals surface area contributed by atoms with Crippen LogP contribution >= 0.6 is 11.3 Å². The van der Waals surface area contributed by atoms with E-state index in [2.05, 4.69) is 15.1 Å². The van der Waals surface area contributed by atoms with Gasteiger partial charge in [0.1, 0.15) is 5.82 Å². The van der Waals surface area contributed by atoms with Crippen molar-refractivity contribution in [2.75, 3.05) is 11.4 Å². The molecule has 156 valence electrons. The number of rotatable bonds is 6. The van der Waals surface area contributed by atoms with E-state index in [4.69, 9.17) is 9.26 Å². The summed E-state index contributed by atoms with van der Waals surface area (Å²) in [6, 6.07) is 4.64. The molecule has 1 saturated heterocycles. The van der Waals surface area contributed by atoms with Crippen molar-refractivity contribution in [2.24, 2.45) is 0 Å². The molecule has 1 aliphatic heterocycles. The van der Waals surface area contributed by atoms with E-state index in [-0.39, 0.29) is 29.9 Å². The predicted molar refractivity (Wildman–Crippen MR) is 106 cm³/mol. The van der Waals surface area contributed by atoms with Gasteiger partial charge in [-0.15, -0.1) is 11.3 Å². The monoisotopic (exact) mass is 430 g/mol. The molecule has 1 fully saturated rings. The molecule has 0 aliphatic carbocycles. The molecule has 0 N–H and O–H groups in total. The van der Waals surface area contributed by atoms with Gasteiger partial charge in [0.05, 0.1) is 12.1 Å². The van der Waals surface area contributed by atoms with E-state index in [9.17, 15) is 14.0 Å². The van der Waals surface area contributed by atoms with Crippen molar-refractivity contribution in [1.82, 2.24) is 15.1 Å². The number of hydrogen-bond acceptors (Lipinski definition) is 8. The molecule has 0 spiro atoms. The van der Waals surface area contributed by atoms with Gasteiger partial charge in [-0.1, -0.05) is 17.3 Å². The average molecular weight is 430 g/mol. The minimum absolute atomic E-state index is 0.0347. The average Bonchev–Trinajstić information content (AvgIpc) is 3.44. The van der Waals surface area contributed by atoms with Crippen LogP contribution in [0.1, 0.15) is 43.0 Å². The number of aromatic nitrogens is 3. The van der Waals surface area contributed by atoms with Crippen molar-refractivity contribution in [3.05, 3.63) is 46.5 Å². The number of nitrogens with zero attached hydrogens (tertiary/aromatic N) is 4. The quantitative estimate of drug-likeness (QED) is 0.551. The van der Waals surface area contributed by atoms with E-state index in [0.29, 0.717) is 34.9 Å². The molecular formula is C20H19FN4O4S. The number of thiazole rings is 1. The Morgan fingerprint density at radius 1 is 1.40 bits per heavy atom. The van der Waals surface area contributed by atoms with Gasteiger partial charge in [0.2, 0.25) is 11.7 Å². The molecule has 8 nitrogen and oxygen atoms in total. The Hall–Kier alpha value is -3.14. The van der Waals surface area contributed by atoms with Gasteiger partial charge in [-0.25, -0.2) is 9.37 Å². The fourth-order valence-electron chi connectivity index (χ4n) is 3.04. The maximum Gasteiger partial charge on any atom is 0.312 e. The molecule has 30 heavy (non-hydrogen) atoms. The predicted octanol–water partition coefficient (Wildman–Crippen LogP) is 3.61. The van der Waals surface area contributed by atoms with Crippen LogP contribution in [0.3, 0.4) is 0 Å². The highest BCUT2D eigenvalue weighted by Gasteiger charge is 2.25. The Bertz CT molecular complexity index is 1100. The van der Waals surface area contributed by atoms with Crippen molar-refractivity contribution in [3.8, 4) is 11.4 Å². The summed E-state index contributed by atoms with van der Waals surface area (Å²) >= 11 is 1.33. The third kappa shape index (κ3) is 4.23. The number of carbonyl (C=O) groups is 2. The Kier molecular flexibility index (Phi) is 5.58. The lowest BCUT2D eigenvalue weighted by Gasteiger charge is -2.10. The minimum atomic E-state index is -0.771. The number of benzene rings is 1. The van der Waals surface area contributed by atoms with Gasteiger partial charge < -0.3 is 9.26 Å². The van der Waals surface area contributed by atoms with Crippen LogP contribution in [0.15, 0.2) is 28.1 Å². The summed E-state index contributed by atoms with van der Waals surface area (Å²) < 4.78 is 24.3. The first-order valence-electron chi connectivity index (χ1n) is 9.45. The van der Waals surface area contributed by atoms with E-state index < -0.39 is 12.1 Å². The van der Waals surface area contributed by atoms with Crippen LogP contribution in [0, 0.1) is 12.7 Å². The molecule has 0 radical (unpaired) electrons. The lowest BCUT2D eigenvalue weighted by atomic mass is 10.1. The van der Waals surface area contributed by atoms with E-state index in [1.807, 2.05) is 0 Å². The zero-order valence-corrected chi connectivity index (χ0v) is 17.2. The molecule has 0 saturated carbocycles. The van der Waals surface area contributed by atoms with Crippen LogP contribution in [0.5, 0.6) is 0 Å². The summed E-state index contributed by atoms with van der Waals surface area (Å²) in [7, 11) is 0. The molecule has 0 bridgehead atoms. The summed E-state index contributed by atoms with van der Waals surface area (Å²) in [6.45, 7) is 3.93. The Labute approximate surface area is 175 Å². The molecule has 4 rings (SSSR count). The lowest BCUT2D eigenvalue weighted by molar-refractivity contribution is -0.149. The molecule has 3 aromatic rings. The maximum atomic E-state index is 13.7. The van der Waals surface area contributed by atoms with Crippen LogP contribution in [0.25, 0.3) is 11.4 Å². The molecule has 1 aromatic carbocycles. The van der Waals surface area contributed by atoms with Crippen LogP contribution < -0.4 is 4.90 Å². The van der Waals surface area contributed by atoms with E-state index in [0.717, 1.165) is 6.42 Å². The minimum Gasteiger partial charge on any atom is -0.452 e. The van der Waals surface area contributed by atoms with Crippen LogP contribution in [0.2, 0.25) is 0 Å². The highest BCUT2D eigenvalue weighted by Crippen LogP contribution is 2.26. The SMILES string of the molecule is Cc1ccc(-c2noc(C(C)OC(=O)Cc3csc(N4CCCC4=O)n3)n2)cc1F. The number of ether oxygens (including phenoxy) is 1. The summed E-state index contributed by atoms with van der Waals surface area (Å²) in [4.78, 5) is 34.3. The number of amides is 1. The summed E-state index contributed by atoms with van der Waals surface area (Å²) in [6.07, 6.45) is 0.532. The molecule has 1 amide bonds. The Balaban J connectivity index is 1.37. The van der Waals surface area contributed by atoms with E-state index >= 15 is 0 Å². The number of esters is 1. The lowest BCUT2D eigenvalue weighted by Crippen LogP contribution is -2.23. The second-order valence-electron chi connectivity index (χ2n) is 7.00. The second-order valence-corrected chi connectivity index (χ2v) is 7.84. The highest BCUT2D eigenvalue weighted by atomic mass is 32.1. The molecular weight excluding hydrogens is 411 g/mol. The fourth-order valence-corrected chi connectivity index (χ4v) is 3.91. The summed E-state index contributed by atoms with van der Waals surface area (Å²) in [5.41, 5.74) is 1.52. The molecule has 1 aliphatic rings. The van der Waals surface area contributed by atoms with Gasteiger partial charge in [-0.3, -0.25) is 14.5 Å². The number of anilines is 1. The van der Waals surface area contributed by atoms with Gasteiger partial charge in [0.15, 0.2) is 11.2 Å². The number of aryl methyl sites for hydroxylation is 1. The summed E-state index contributed by atoms with van der Waals surface area (Å²) in [5, 5.41) is 6.17. The Morgan fingerprint density at radius 2 is 2.23 bits per heavy atom. The van der Waals surface area contributed by atoms with E-state index in [1.54, 1.807) is 36.3 Å². The zero-order chi connectivity index (χ0) is 21.3. The first kappa shape index (κ1) is 20.1. The number of carbonyl (C=O) groups excluding carboxylic acids is 2. The zero-order valence-electron chi connectivity index (χ0n) is 16.4. The second kappa shape index (κ2) is 8.31. The smallest absolute Gasteiger partial charge is 0.312 e. The first-order chi connectivity index (χ1) is 14.4. The third-order valence-electron chi connectivity index (χ3n) is 4.70. The van der Waals surface area contributed by atoms with Gasteiger partial charge in [-0.2, -0.15) is 4.98 Å². The Morgan fingerprint density at radius 3 is 2.97 bits per heavy atom. The van der Waals surface area contributed by atoms with Gasteiger partial charge in [-0.05, 0) is 31.9 Å². The topological polar surface area (TPSA) is 98.4 Å².